The average Bonchev–Trinajstić information content (AvgIpc) is 3.63. The minimum absolute atomic E-state index is 0.0756. The highest BCUT2D eigenvalue weighted by Crippen LogP contribution is 2.68. The maximum absolute atomic E-state index is 12.6. The molecule has 4 saturated carbocycles. The van der Waals surface area contributed by atoms with E-state index in [0.717, 1.165) is 51.5 Å². The zero-order valence-corrected chi connectivity index (χ0v) is 29.2. The van der Waals surface area contributed by atoms with E-state index in [-0.39, 0.29) is 47.3 Å². The predicted molar refractivity (Wildman–Crippen MR) is 176 cm³/mol. The SMILES string of the molecule is CCNC(=O)CCC(C)C1CCC2C3C(CC[C@]12C)[C@@]1(C)CC[C@@H](ON2CCC[C@H]2C(=O)CC)C[C@H]1C[C@H]3ONCC(=O)CC. The molecule has 4 aliphatic carbocycles. The van der Waals surface area contributed by atoms with Gasteiger partial charge < -0.3 is 5.32 Å². The molecule has 0 aromatic rings. The standard InChI is InChI=1S/C37H63N3O5/c1-7-26(41)23-39-44-33-22-25-21-27(45-40-20-10-11-31(40)32(42)8-2)16-18-36(25,5)30-17-19-37(6)28(13-14-29(37)35(30)33)24(4)12-15-34(43)38-9-3/h24-25,27-31,33,35,39H,7-23H2,1-6H3,(H,38,43)/t24?,25-,27+,28?,29?,30?,31-,33+,35?,36-,37+/m0/s1. The van der Waals surface area contributed by atoms with Gasteiger partial charge >= 0.3 is 0 Å². The van der Waals surface area contributed by atoms with Gasteiger partial charge in [-0.05, 0) is 124 Å². The summed E-state index contributed by atoms with van der Waals surface area (Å²) in [6, 6.07) is -0.0785. The van der Waals surface area contributed by atoms with E-state index in [1.54, 1.807) is 0 Å². The van der Waals surface area contributed by atoms with Crippen LogP contribution >= 0.6 is 0 Å². The van der Waals surface area contributed by atoms with E-state index in [9.17, 15) is 14.4 Å². The smallest absolute Gasteiger partial charge is 0.219 e. The Bertz CT molecular complexity index is 1050. The molecular formula is C37H63N3O5. The first kappa shape index (κ1) is 35.0. The van der Waals surface area contributed by atoms with Gasteiger partial charge in [-0.3, -0.25) is 24.1 Å². The normalized spacial score (nSPS) is 40.3. The molecule has 0 aromatic heterocycles. The van der Waals surface area contributed by atoms with Gasteiger partial charge in [0.2, 0.25) is 5.91 Å². The quantitative estimate of drug-likeness (QED) is 0.214. The van der Waals surface area contributed by atoms with Crippen LogP contribution in [0, 0.1) is 46.3 Å². The molecule has 1 heterocycles. The van der Waals surface area contributed by atoms with Crippen molar-refractivity contribution in [3.63, 3.8) is 0 Å². The van der Waals surface area contributed by atoms with Crippen molar-refractivity contribution in [3.8, 4) is 0 Å². The van der Waals surface area contributed by atoms with Gasteiger partial charge in [0.15, 0.2) is 5.78 Å². The number of carbonyl (C=O) groups excluding carboxylic acids is 3. The molecule has 0 aromatic carbocycles. The van der Waals surface area contributed by atoms with E-state index in [2.05, 4.69) is 31.6 Å². The van der Waals surface area contributed by atoms with Crippen LogP contribution in [0.3, 0.4) is 0 Å². The highest BCUT2D eigenvalue weighted by molar-refractivity contribution is 5.83. The minimum atomic E-state index is -0.0785. The lowest BCUT2D eigenvalue weighted by Gasteiger charge is -2.63. The van der Waals surface area contributed by atoms with E-state index in [0.29, 0.717) is 67.1 Å². The molecule has 1 saturated heterocycles. The Morgan fingerprint density at radius 1 is 0.933 bits per heavy atom. The molecule has 256 valence electrons. The van der Waals surface area contributed by atoms with Gasteiger partial charge in [0.05, 0.1) is 24.8 Å². The highest BCUT2D eigenvalue weighted by atomic mass is 16.7. The van der Waals surface area contributed by atoms with Crippen LogP contribution in [-0.4, -0.2) is 60.4 Å². The van der Waals surface area contributed by atoms with E-state index in [1.807, 2.05) is 25.8 Å². The molecule has 5 aliphatic rings. The summed E-state index contributed by atoms with van der Waals surface area (Å²) in [5.74, 6) is 3.95. The summed E-state index contributed by atoms with van der Waals surface area (Å²) in [7, 11) is 0. The van der Waals surface area contributed by atoms with Gasteiger partial charge in [-0.1, -0.05) is 34.6 Å². The van der Waals surface area contributed by atoms with Gasteiger partial charge in [-0.2, -0.15) is 10.5 Å². The summed E-state index contributed by atoms with van der Waals surface area (Å²) < 4.78 is 0. The Morgan fingerprint density at radius 2 is 1.69 bits per heavy atom. The fourth-order valence-corrected chi connectivity index (χ4v) is 11.2. The Labute approximate surface area is 272 Å². The van der Waals surface area contributed by atoms with E-state index >= 15 is 0 Å². The third kappa shape index (κ3) is 7.10. The lowest BCUT2D eigenvalue weighted by atomic mass is 9.43. The largest absolute Gasteiger partial charge is 0.356 e. The summed E-state index contributed by atoms with van der Waals surface area (Å²) in [6.45, 7) is 15.2. The third-order valence-electron chi connectivity index (χ3n) is 13.7. The number of carbonyl (C=O) groups is 3. The monoisotopic (exact) mass is 629 g/mol. The van der Waals surface area contributed by atoms with E-state index in [4.69, 9.17) is 9.68 Å². The second-order valence-corrected chi connectivity index (χ2v) is 15.9. The Hall–Kier alpha value is -1.35. The van der Waals surface area contributed by atoms with Crippen molar-refractivity contribution in [2.24, 2.45) is 46.3 Å². The molecule has 45 heavy (non-hydrogen) atoms. The highest BCUT2D eigenvalue weighted by Gasteiger charge is 2.63. The molecule has 8 heteroatoms. The molecule has 0 bridgehead atoms. The lowest BCUT2D eigenvalue weighted by Crippen LogP contribution is -2.60. The molecule has 5 unspecified atom stereocenters. The fourth-order valence-electron chi connectivity index (χ4n) is 11.2. The molecule has 11 atom stereocenters. The van der Waals surface area contributed by atoms with E-state index in [1.165, 1.54) is 25.7 Å². The second-order valence-electron chi connectivity index (χ2n) is 15.9. The molecule has 0 radical (unpaired) electrons. The Kier molecular flexibility index (Phi) is 11.5. The number of ketones is 2. The average molecular weight is 630 g/mol. The van der Waals surface area contributed by atoms with Crippen LogP contribution in [0.5, 0.6) is 0 Å². The number of nitrogens with zero attached hydrogens (tertiary/aromatic N) is 1. The first-order valence-electron chi connectivity index (χ1n) is 18.7. The first-order chi connectivity index (χ1) is 21.5. The fraction of sp³-hybridized carbons (Fsp3) is 0.919. The summed E-state index contributed by atoms with van der Waals surface area (Å²) in [5, 5.41) is 5.00. The number of fused-ring (bicyclic) bond motifs is 5. The molecule has 5 fully saturated rings. The van der Waals surface area contributed by atoms with Crippen LogP contribution in [0.15, 0.2) is 0 Å². The number of nitrogens with one attached hydrogen (secondary N) is 2. The number of rotatable bonds is 14. The van der Waals surface area contributed by atoms with Crippen molar-refractivity contribution in [2.45, 2.75) is 150 Å². The minimum Gasteiger partial charge on any atom is -0.356 e. The van der Waals surface area contributed by atoms with Crippen molar-refractivity contribution in [1.29, 1.82) is 0 Å². The van der Waals surface area contributed by atoms with Crippen molar-refractivity contribution in [2.75, 3.05) is 19.6 Å². The Morgan fingerprint density at radius 3 is 2.42 bits per heavy atom. The maximum Gasteiger partial charge on any atom is 0.219 e. The van der Waals surface area contributed by atoms with E-state index < -0.39 is 0 Å². The summed E-state index contributed by atoms with van der Waals surface area (Å²) >= 11 is 0. The van der Waals surface area contributed by atoms with Crippen LogP contribution in [0.2, 0.25) is 0 Å². The van der Waals surface area contributed by atoms with Crippen LogP contribution in [-0.2, 0) is 24.1 Å². The van der Waals surface area contributed by atoms with Gasteiger partial charge in [0, 0.05) is 32.4 Å². The maximum atomic E-state index is 12.6. The first-order valence-corrected chi connectivity index (χ1v) is 18.7. The molecule has 8 nitrogen and oxygen atoms in total. The lowest BCUT2D eigenvalue weighted by molar-refractivity contribution is -0.245. The van der Waals surface area contributed by atoms with Gasteiger partial charge in [0.25, 0.3) is 0 Å². The number of hydrogen-bond acceptors (Lipinski definition) is 7. The number of hydrogen-bond donors (Lipinski definition) is 2. The molecule has 1 amide bonds. The molecular weight excluding hydrogens is 566 g/mol. The number of Topliss-reactive ketones (excluding diaryl/α,β-unsaturated/α-hetero) is 2. The summed E-state index contributed by atoms with van der Waals surface area (Å²) in [4.78, 5) is 50.3. The van der Waals surface area contributed by atoms with Crippen LogP contribution in [0.1, 0.15) is 131 Å². The topological polar surface area (TPSA) is 97.0 Å². The number of hydroxylamine groups is 3. The molecule has 1 aliphatic heterocycles. The van der Waals surface area contributed by atoms with Crippen LogP contribution in [0.25, 0.3) is 0 Å². The third-order valence-corrected chi connectivity index (χ3v) is 13.7. The predicted octanol–water partition coefficient (Wildman–Crippen LogP) is 6.42. The number of amides is 1. The molecule has 0 spiro atoms. The van der Waals surface area contributed by atoms with Crippen molar-refractivity contribution in [1.82, 2.24) is 15.9 Å². The molecule has 2 N–H and O–H groups in total. The zero-order valence-electron chi connectivity index (χ0n) is 29.2. The molecule has 5 rings (SSSR count). The van der Waals surface area contributed by atoms with Crippen molar-refractivity contribution in [3.05, 3.63) is 0 Å². The zero-order chi connectivity index (χ0) is 32.4. The second kappa shape index (κ2) is 14.8. The van der Waals surface area contributed by atoms with Crippen molar-refractivity contribution < 1.29 is 24.1 Å². The van der Waals surface area contributed by atoms with Gasteiger partial charge in [-0.25, -0.2) is 0 Å². The van der Waals surface area contributed by atoms with Crippen LogP contribution < -0.4 is 10.8 Å². The van der Waals surface area contributed by atoms with Gasteiger partial charge in [0.1, 0.15) is 5.78 Å². The summed E-state index contributed by atoms with van der Waals surface area (Å²) in [5.41, 5.74) is 3.64. The Balaban J connectivity index is 1.32. The summed E-state index contributed by atoms with van der Waals surface area (Å²) in [6.07, 6.45) is 14.0. The van der Waals surface area contributed by atoms with Crippen molar-refractivity contribution >= 4 is 17.5 Å². The van der Waals surface area contributed by atoms with Gasteiger partial charge in [-0.15, -0.1) is 0 Å². The van der Waals surface area contributed by atoms with Crippen LogP contribution in [0.4, 0.5) is 0 Å².